The third kappa shape index (κ3) is 1.21. The summed E-state index contributed by atoms with van der Waals surface area (Å²) in [5, 5.41) is 5.77. The van der Waals surface area contributed by atoms with Gasteiger partial charge in [0, 0.05) is 14.7 Å². The average Bonchev–Trinajstić information content (AvgIpc) is 2.32. The quantitative estimate of drug-likeness (QED) is 0.641. The van der Waals surface area contributed by atoms with Crippen LogP contribution in [0.2, 0.25) is 0 Å². The van der Waals surface area contributed by atoms with Crippen LogP contribution in [-0.4, -0.2) is 0 Å². The van der Waals surface area contributed by atoms with Gasteiger partial charge in [0.15, 0.2) is 0 Å². The second-order valence-electron chi connectivity index (χ2n) is 2.45. The minimum Gasteiger partial charge on any atom is -0.138 e. The van der Waals surface area contributed by atoms with Gasteiger partial charge in [-0.1, -0.05) is 22.0 Å². The molecule has 0 unspecified atom stereocenters. The maximum Gasteiger partial charge on any atom is 0.0530 e. The first-order chi connectivity index (χ1) is 5.27. The standard InChI is InChI=1S/C9H6BrS/c1-6-9-3-2-8(10)4-7(9)5-11-6/h2-4H,1H3. The van der Waals surface area contributed by atoms with Gasteiger partial charge in [-0.2, -0.15) is 0 Å². The lowest BCUT2D eigenvalue weighted by Crippen LogP contribution is -1.66. The second-order valence-corrected chi connectivity index (χ2v) is 4.39. The van der Waals surface area contributed by atoms with E-state index in [1.807, 2.05) is 0 Å². The van der Waals surface area contributed by atoms with E-state index in [2.05, 4.69) is 46.4 Å². The molecule has 0 aliphatic carbocycles. The fraction of sp³-hybridized carbons (Fsp3) is 0.111. The molecule has 0 bridgehead atoms. The number of fused-ring (bicyclic) bond motifs is 1. The molecule has 0 amide bonds. The van der Waals surface area contributed by atoms with Crippen LogP contribution < -0.4 is 0 Å². The molecule has 2 rings (SSSR count). The summed E-state index contributed by atoms with van der Waals surface area (Å²) in [5.74, 6) is 0. The average molecular weight is 226 g/mol. The highest BCUT2D eigenvalue weighted by Gasteiger charge is 1.99. The Morgan fingerprint density at radius 1 is 1.45 bits per heavy atom. The molecule has 1 radical (unpaired) electrons. The number of rotatable bonds is 0. The van der Waals surface area contributed by atoms with Gasteiger partial charge in [0.2, 0.25) is 0 Å². The molecular formula is C9H6BrS. The lowest BCUT2D eigenvalue weighted by Gasteiger charge is -1.91. The van der Waals surface area contributed by atoms with Crippen LogP contribution in [0.4, 0.5) is 0 Å². The van der Waals surface area contributed by atoms with E-state index >= 15 is 0 Å². The maximum atomic E-state index is 3.43. The van der Waals surface area contributed by atoms with Crippen molar-refractivity contribution in [3.8, 4) is 0 Å². The van der Waals surface area contributed by atoms with Crippen molar-refractivity contribution in [2.24, 2.45) is 0 Å². The first-order valence-corrected chi connectivity index (χ1v) is 4.94. The Kier molecular flexibility index (Phi) is 1.74. The van der Waals surface area contributed by atoms with E-state index in [9.17, 15) is 0 Å². The van der Waals surface area contributed by atoms with E-state index in [4.69, 9.17) is 0 Å². The van der Waals surface area contributed by atoms with Crippen molar-refractivity contribution in [1.29, 1.82) is 0 Å². The summed E-state index contributed by atoms with van der Waals surface area (Å²) in [6, 6.07) is 6.29. The normalized spacial score (nSPS) is 10.7. The van der Waals surface area contributed by atoms with Crippen molar-refractivity contribution in [3.63, 3.8) is 0 Å². The predicted molar refractivity (Wildman–Crippen MR) is 53.1 cm³/mol. The monoisotopic (exact) mass is 225 g/mol. The van der Waals surface area contributed by atoms with Crippen molar-refractivity contribution < 1.29 is 0 Å². The number of thiophene rings is 1. The summed E-state index contributed by atoms with van der Waals surface area (Å²) in [6.45, 7) is 2.12. The molecule has 0 atom stereocenters. The number of benzene rings is 1. The Balaban J connectivity index is 2.86. The molecule has 0 aliphatic heterocycles. The van der Waals surface area contributed by atoms with Gasteiger partial charge in [0.05, 0.1) is 5.38 Å². The zero-order valence-electron chi connectivity index (χ0n) is 6.02. The number of halogens is 1. The number of hydrogen-bond donors (Lipinski definition) is 0. The minimum atomic E-state index is 1.12. The molecule has 1 aromatic carbocycles. The van der Waals surface area contributed by atoms with Gasteiger partial charge in [-0.05, 0) is 24.4 Å². The van der Waals surface area contributed by atoms with Crippen LogP contribution in [0, 0.1) is 12.3 Å². The Morgan fingerprint density at radius 2 is 2.27 bits per heavy atom. The first-order valence-electron chi connectivity index (χ1n) is 3.34. The van der Waals surface area contributed by atoms with Crippen LogP contribution in [0.15, 0.2) is 22.7 Å². The molecular weight excluding hydrogens is 220 g/mol. The molecule has 55 valence electrons. The molecule has 1 heterocycles. The third-order valence-electron chi connectivity index (χ3n) is 1.67. The van der Waals surface area contributed by atoms with Crippen LogP contribution in [0.1, 0.15) is 4.88 Å². The highest BCUT2D eigenvalue weighted by Crippen LogP contribution is 2.26. The summed E-state index contributed by atoms with van der Waals surface area (Å²) in [5.41, 5.74) is 0. The van der Waals surface area contributed by atoms with Crippen molar-refractivity contribution in [1.82, 2.24) is 0 Å². The summed E-state index contributed by atoms with van der Waals surface area (Å²) in [7, 11) is 0. The second kappa shape index (κ2) is 2.61. The maximum absolute atomic E-state index is 3.43. The Hall–Kier alpha value is -0.340. The Morgan fingerprint density at radius 3 is 3.09 bits per heavy atom. The van der Waals surface area contributed by atoms with Gasteiger partial charge in [-0.3, -0.25) is 0 Å². The van der Waals surface area contributed by atoms with Crippen LogP contribution in [-0.2, 0) is 0 Å². The molecule has 2 aromatic rings. The molecule has 0 saturated heterocycles. The van der Waals surface area contributed by atoms with E-state index < -0.39 is 0 Å². The van der Waals surface area contributed by atoms with Crippen LogP contribution in [0.3, 0.4) is 0 Å². The van der Waals surface area contributed by atoms with E-state index in [0.29, 0.717) is 0 Å². The molecule has 2 heteroatoms. The van der Waals surface area contributed by atoms with Crippen LogP contribution in [0.5, 0.6) is 0 Å². The molecule has 0 saturated carbocycles. The zero-order valence-corrected chi connectivity index (χ0v) is 8.42. The molecule has 0 spiro atoms. The molecule has 0 nitrogen and oxygen atoms in total. The Bertz CT molecular complexity index is 389. The topological polar surface area (TPSA) is 0 Å². The van der Waals surface area contributed by atoms with Gasteiger partial charge in [0.25, 0.3) is 0 Å². The molecule has 0 N–H and O–H groups in total. The smallest absolute Gasteiger partial charge is 0.0530 e. The van der Waals surface area contributed by atoms with E-state index in [1.54, 1.807) is 11.3 Å². The Labute approximate surface area is 78.0 Å². The lowest BCUT2D eigenvalue weighted by atomic mass is 10.2. The van der Waals surface area contributed by atoms with Gasteiger partial charge in [-0.25, -0.2) is 0 Å². The number of hydrogen-bond acceptors (Lipinski definition) is 1. The van der Waals surface area contributed by atoms with Crippen LogP contribution in [0.25, 0.3) is 10.8 Å². The molecule has 0 aliphatic rings. The number of aryl methyl sites for hydroxylation is 1. The predicted octanol–water partition coefficient (Wildman–Crippen LogP) is 3.77. The van der Waals surface area contributed by atoms with Crippen molar-refractivity contribution in [3.05, 3.63) is 32.9 Å². The summed E-state index contributed by atoms with van der Waals surface area (Å²) in [4.78, 5) is 1.34. The van der Waals surface area contributed by atoms with Crippen molar-refractivity contribution in [2.75, 3.05) is 0 Å². The molecule has 11 heavy (non-hydrogen) atoms. The van der Waals surface area contributed by atoms with Crippen LogP contribution >= 0.6 is 27.3 Å². The van der Waals surface area contributed by atoms with Gasteiger partial charge in [-0.15, -0.1) is 11.3 Å². The summed E-state index contributed by atoms with van der Waals surface area (Å²) < 4.78 is 1.12. The highest BCUT2D eigenvalue weighted by atomic mass is 79.9. The third-order valence-corrected chi connectivity index (χ3v) is 3.02. The lowest BCUT2D eigenvalue weighted by molar-refractivity contribution is 1.67. The minimum absolute atomic E-state index is 1.12. The van der Waals surface area contributed by atoms with Crippen molar-refractivity contribution in [2.45, 2.75) is 6.92 Å². The fourth-order valence-corrected chi connectivity index (χ4v) is 2.18. The van der Waals surface area contributed by atoms with Gasteiger partial charge >= 0.3 is 0 Å². The fourth-order valence-electron chi connectivity index (χ4n) is 1.09. The van der Waals surface area contributed by atoms with E-state index in [-0.39, 0.29) is 0 Å². The summed E-state index contributed by atoms with van der Waals surface area (Å²) >= 11 is 5.11. The zero-order chi connectivity index (χ0) is 7.84. The van der Waals surface area contributed by atoms with E-state index in [1.165, 1.54) is 15.6 Å². The van der Waals surface area contributed by atoms with Crippen molar-refractivity contribution >= 4 is 38.0 Å². The molecule has 0 fully saturated rings. The summed E-state index contributed by atoms with van der Waals surface area (Å²) in [6.07, 6.45) is 0. The molecule has 1 aromatic heterocycles. The first kappa shape index (κ1) is 7.32. The van der Waals surface area contributed by atoms with E-state index in [0.717, 1.165) is 4.47 Å². The van der Waals surface area contributed by atoms with Gasteiger partial charge in [0.1, 0.15) is 0 Å². The highest BCUT2D eigenvalue weighted by molar-refractivity contribution is 9.10. The van der Waals surface area contributed by atoms with Gasteiger partial charge < -0.3 is 0 Å². The SMILES string of the molecule is Cc1s[c]c2cc(Br)ccc12. The largest absolute Gasteiger partial charge is 0.138 e.